The molecule has 0 bridgehead atoms. The predicted octanol–water partition coefficient (Wildman–Crippen LogP) is 2.13. The van der Waals surface area contributed by atoms with E-state index >= 15 is 0 Å². The second-order valence-electron chi connectivity index (χ2n) is 4.52. The molecule has 20 heavy (non-hydrogen) atoms. The topological polar surface area (TPSA) is 55.8 Å². The number of carbonyl (C=O) groups excluding carboxylic acids is 2. The highest BCUT2D eigenvalue weighted by Gasteiger charge is 2.22. The molecule has 0 fully saturated rings. The summed E-state index contributed by atoms with van der Waals surface area (Å²) in [5.74, 6) is -0.362. The number of nitrogens with zero attached hydrogens (tertiary/aromatic N) is 1. The highest BCUT2D eigenvalue weighted by molar-refractivity contribution is 5.69. The first-order valence-corrected chi connectivity index (χ1v) is 6.44. The Morgan fingerprint density at radius 1 is 1.30 bits per heavy atom. The summed E-state index contributed by atoms with van der Waals surface area (Å²) < 4.78 is 10.3. The minimum atomic E-state index is -0.407. The second-order valence-corrected chi connectivity index (χ2v) is 4.52. The van der Waals surface area contributed by atoms with Crippen LogP contribution in [0.4, 0.5) is 4.79 Å². The van der Waals surface area contributed by atoms with E-state index in [0.29, 0.717) is 13.1 Å². The average molecular weight is 275 g/mol. The number of rotatable bonds is 3. The molecule has 1 aliphatic heterocycles. The molecular weight excluding hydrogens is 258 g/mol. The largest absolute Gasteiger partial charge is 0.456 e. The van der Waals surface area contributed by atoms with Crippen molar-refractivity contribution in [2.75, 3.05) is 13.1 Å². The summed E-state index contributed by atoms with van der Waals surface area (Å²) in [6.45, 7) is 2.37. The van der Waals surface area contributed by atoms with Gasteiger partial charge in [0.25, 0.3) is 0 Å². The maximum atomic E-state index is 11.9. The van der Waals surface area contributed by atoms with Crippen LogP contribution < -0.4 is 0 Å². The van der Waals surface area contributed by atoms with Gasteiger partial charge in [-0.25, -0.2) is 4.79 Å². The van der Waals surface area contributed by atoms with E-state index in [0.717, 1.165) is 5.56 Å². The molecule has 0 spiro atoms. The summed E-state index contributed by atoms with van der Waals surface area (Å²) in [5.41, 5.74) is 0.935. The van der Waals surface area contributed by atoms with Crippen LogP contribution >= 0.6 is 0 Å². The zero-order chi connectivity index (χ0) is 14.4. The van der Waals surface area contributed by atoms with Gasteiger partial charge in [-0.1, -0.05) is 36.4 Å². The number of hydrogen-bond acceptors (Lipinski definition) is 4. The lowest BCUT2D eigenvalue weighted by Gasteiger charge is -2.27. The maximum absolute atomic E-state index is 11.9. The summed E-state index contributed by atoms with van der Waals surface area (Å²) in [7, 11) is 0. The standard InChI is InChI=1S/C15H17NO4/c1-12(17)20-14-8-5-9-16(10-14)15(18)19-11-13-6-3-2-4-7-13/h2-8,14H,9-11H2,1H3/t14-/m0/s1. The van der Waals surface area contributed by atoms with E-state index in [9.17, 15) is 9.59 Å². The Balaban J connectivity index is 1.84. The van der Waals surface area contributed by atoms with Crippen molar-refractivity contribution < 1.29 is 19.1 Å². The van der Waals surface area contributed by atoms with Crippen LogP contribution in [0.5, 0.6) is 0 Å². The molecule has 0 N–H and O–H groups in total. The minimum absolute atomic E-state index is 0.234. The van der Waals surface area contributed by atoms with E-state index in [1.54, 1.807) is 12.2 Å². The molecular formula is C15H17NO4. The van der Waals surface area contributed by atoms with Gasteiger partial charge in [0, 0.05) is 13.5 Å². The number of benzene rings is 1. The van der Waals surface area contributed by atoms with Crippen LogP contribution in [0.15, 0.2) is 42.5 Å². The molecule has 2 rings (SSSR count). The minimum Gasteiger partial charge on any atom is -0.456 e. The van der Waals surface area contributed by atoms with Crippen LogP contribution in [-0.2, 0) is 20.9 Å². The Kier molecular flexibility index (Phi) is 4.76. The first-order chi connectivity index (χ1) is 9.65. The predicted molar refractivity (Wildman–Crippen MR) is 72.9 cm³/mol. The van der Waals surface area contributed by atoms with Gasteiger partial charge in [-0.3, -0.25) is 4.79 Å². The molecule has 1 aromatic carbocycles. The molecule has 0 saturated carbocycles. The van der Waals surface area contributed by atoms with E-state index in [2.05, 4.69) is 0 Å². The number of esters is 1. The highest BCUT2D eigenvalue weighted by Crippen LogP contribution is 2.09. The quantitative estimate of drug-likeness (QED) is 0.626. The summed E-state index contributed by atoms with van der Waals surface area (Å²) in [5, 5.41) is 0. The Bertz CT molecular complexity index is 498. The Labute approximate surface area is 117 Å². The van der Waals surface area contributed by atoms with Crippen LogP contribution in [0, 0.1) is 0 Å². The molecule has 1 atom stereocenters. The molecule has 1 aromatic rings. The molecule has 0 aromatic heterocycles. The van der Waals surface area contributed by atoms with Crippen LogP contribution in [0.3, 0.4) is 0 Å². The van der Waals surface area contributed by atoms with E-state index in [-0.39, 0.29) is 12.6 Å². The fourth-order valence-corrected chi connectivity index (χ4v) is 1.94. The van der Waals surface area contributed by atoms with E-state index in [4.69, 9.17) is 9.47 Å². The third kappa shape index (κ3) is 4.12. The molecule has 106 valence electrons. The van der Waals surface area contributed by atoms with Gasteiger partial charge in [0.1, 0.15) is 12.7 Å². The maximum Gasteiger partial charge on any atom is 0.410 e. The SMILES string of the molecule is CC(=O)O[C@H]1C=CCN(C(=O)OCc2ccccc2)C1. The zero-order valence-corrected chi connectivity index (χ0v) is 11.3. The van der Waals surface area contributed by atoms with Gasteiger partial charge in [0.05, 0.1) is 6.54 Å². The van der Waals surface area contributed by atoms with Gasteiger partial charge >= 0.3 is 12.1 Å². The Morgan fingerprint density at radius 3 is 2.75 bits per heavy atom. The van der Waals surface area contributed by atoms with Crippen molar-refractivity contribution in [3.63, 3.8) is 0 Å². The summed E-state index contributed by atoms with van der Waals surface area (Å²) in [6, 6.07) is 9.48. The third-order valence-corrected chi connectivity index (χ3v) is 2.86. The molecule has 0 saturated heterocycles. The van der Waals surface area contributed by atoms with Gasteiger partial charge in [0.15, 0.2) is 0 Å². The van der Waals surface area contributed by atoms with Crippen molar-refractivity contribution in [2.45, 2.75) is 19.6 Å². The lowest BCUT2D eigenvalue weighted by atomic mass is 10.2. The molecule has 1 heterocycles. The first-order valence-electron chi connectivity index (χ1n) is 6.44. The Hall–Kier alpha value is -2.30. The van der Waals surface area contributed by atoms with Crippen LogP contribution in [0.2, 0.25) is 0 Å². The summed E-state index contributed by atoms with van der Waals surface area (Å²) in [6.07, 6.45) is 2.77. The fourth-order valence-electron chi connectivity index (χ4n) is 1.94. The lowest BCUT2D eigenvalue weighted by Crippen LogP contribution is -2.41. The van der Waals surface area contributed by atoms with Crippen LogP contribution in [0.1, 0.15) is 12.5 Å². The Morgan fingerprint density at radius 2 is 2.05 bits per heavy atom. The van der Waals surface area contributed by atoms with Crippen molar-refractivity contribution in [1.82, 2.24) is 4.90 Å². The van der Waals surface area contributed by atoms with Gasteiger partial charge < -0.3 is 14.4 Å². The molecule has 0 unspecified atom stereocenters. The smallest absolute Gasteiger partial charge is 0.410 e. The highest BCUT2D eigenvalue weighted by atomic mass is 16.6. The molecule has 5 nitrogen and oxygen atoms in total. The normalized spacial score (nSPS) is 17.6. The summed E-state index contributed by atoms with van der Waals surface area (Å²) >= 11 is 0. The zero-order valence-electron chi connectivity index (χ0n) is 11.3. The van der Waals surface area contributed by atoms with Gasteiger partial charge in [0.2, 0.25) is 0 Å². The van der Waals surface area contributed by atoms with E-state index in [1.165, 1.54) is 11.8 Å². The van der Waals surface area contributed by atoms with Gasteiger partial charge in [-0.05, 0) is 11.6 Å². The van der Waals surface area contributed by atoms with Crippen molar-refractivity contribution in [3.8, 4) is 0 Å². The third-order valence-electron chi connectivity index (χ3n) is 2.86. The van der Waals surface area contributed by atoms with E-state index in [1.807, 2.05) is 30.3 Å². The molecule has 0 radical (unpaired) electrons. The van der Waals surface area contributed by atoms with E-state index < -0.39 is 12.2 Å². The first kappa shape index (κ1) is 14.1. The van der Waals surface area contributed by atoms with Crippen molar-refractivity contribution >= 4 is 12.1 Å². The number of hydrogen-bond donors (Lipinski definition) is 0. The van der Waals surface area contributed by atoms with Crippen LogP contribution in [-0.4, -0.2) is 36.2 Å². The molecule has 5 heteroatoms. The number of amides is 1. The van der Waals surface area contributed by atoms with Gasteiger partial charge in [-0.15, -0.1) is 0 Å². The second kappa shape index (κ2) is 6.75. The fraction of sp³-hybridized carbons (Fsp3) is 0.333. The average Bonchev–Trinajstić information content (AvgIpc) is 2.45. The van der Waals surface area contributed by atoms with Crippen LogP contribution in [0.25, 0.3) is 0 Å². The monoisotopic (exact) mass is 275 g/mol. The van der Waals surface area contributed by atoms with Crippen molar-refractivity contribution in [1.29, 1.82) is 0 Å². The lowest BCUT2D eigenvalue weighted by molar-refractivity contribution is -0.144. The molecule has 1 aliphatic rings. The van der Waals surface area contributed by atoms with Crippen molar-refractivity contribution in [2.24, 2.45) is 0 Å². The number of ether oxygens (including phenoxy) is 2. The van der Waals surface area contributed by atoms with Crippen molar-refractivity contribution in [3.05, 3.63) is 48.0 Å². The van der Waals surface area contributed by atoms with Gasteiger partial charge in [-0.2, -0.15) is 0 Å². The molecule has 1 amide bonds. The summed E-state index contributed by atoms with van der Waals surface area (Å²) in [4.78, 5) is 24.4. The number of carbonyl (C=O) groups is 2. The molecule has 0 aliphatic carbocycles.